The molecule has 0 radical (unpaired) electrons. The molecule has 38 heavy (non-hydrogen) atoms. The minimum Gasteiger partial charge on any atom is -0.434 e. The lowest BCUT2D eigenvalue weighted by molar-refractivity contribution is -0.124. The maximum absolute atomic E-state index is 15.1. The Balaban J connectivity index is 1.20. The zero-order valence-electron chi connectivity index (χ0n) is 20.6. The van der Waals surface area contributed by atoms with Gasteiger partial charge in [-0.25, -0.2) is 19.3 Å². The Morgan fingerprint density at radius 1 is 1.00 bits per heavy atom. The quantitative estimate of drug-likeness (QED) is 0.335. The first-order chi connectivity index (χ1) is 18.5. The van der Waals surface area contributed by atoms with Crippen LogP contribution in [0.2, 0.25) is 0 Å². The molecule has 4 aromatic rings. The van der Waals surface area contributed by atoms with E-state index in [9.17, 15) is 8.78 Å². The van der Waals surface area contributed by atoms with E-state index in [1.54, 1.807) is 22.8 Å². The first-order valence-electron chi connectivity index (χ1n) is 12.8. The van der Waals surface area contributed by atoms with Gasteiger partial charge in [0.25, 0.3) is 0 Å². The van der Waals surface area contributed by atoms with E-state index in [0.717, 1.165) is 55.8 Å². The number of nitrogens with zero attached hydrogens (tertiary/aromatic N) is 5. The molecule has 2 aromatic carbocycles. The molecule has 2 fully saturated rings. The summed E-state index contributed by atoms with van der Waals surface area (Å²) in [6.45, 7) is 0.579. The molecule has 0 N–H and O–H groups in total. The lowest BCUT2D eigenvalue weighted by Crippen LogP contribution is -2.51. The van der Waals surface area contributed by atoms with Crippen molar-refractivity contribution in [2.75, 3.05) is 31.2 Å². The van der Waals surface area contributed by atoms with Crippen LogP contribution in [0.4, 0.5) is 19.1 Å². The number of ether oxygens (including phenoxy) is 2. The summed E-state index contributed by atoms with van der Waals surface area (Å²) in [5, 5.41) is 0. The number of imidazole rings is 1. The zero-order chi connectivity index (χ0) is 25.9. The fourth-order valence-electron chi connectivity index (χ4n) is 5.97. The van der Waals surface area contributed by atoms with Crippen LogP contribution in [0.25, 0.3) is 22.2 Å². The molecular formula is C28H26F3N5O2. The van der Waals surface area contributed by atoms with Crippen molar-refractivity contribution in [2.24, 2.45) is 5.41 Å². The van der Waals surface area contributed by atoms with Gasteiger partial charge in [-0.1, -0.05) is 24.3 Å². The van der Waals surface area contributed by atoms with E-state index in [1.807, 2.05) is 30.6 Å². The van der Waals surface area contributed by atoms with Gasteiger partial charge >= 0.3 is 6.61 Å². The number of para-hydroxylation sites is 1. The summed E-state index contributed by atoms with van der Waals surface area (Å²) in [7, 11) is 0. The van der Waals surface area contributed by atoms with Gasteiger partial charge in [0.2, 0.25) is 5.95 Å². The second-order valence-corrected chi connectivity index (χ2v) is 10.4. The summed E-state index contributed by atoms with van der Waals surface area (Å²) < 4.78 is 53.2. The highest BCUT2D eigenvalue weighted by Crippen LogP contribution is 2.46. The normalized spacial score (nSPS) is 22.2. The molecule has 3 aliphatic rings. The number of fused-ring (bicyclic) bond motifs is 3. The minimum absolute atomic E-state index is 0.0445. The van der Waals surface area contributed by atoms with E-state index in [-0.39, 0.29) is 12.2 Å². The number of benzene rings is 2. The van der Waals surface area contributed by atoms with E-state index in [1.165, 1.54) is 6.07 Å². The van der Waals surface area contributed by atoms with Crippen molar-refractivity contribution in [3.8, 4) is 16.9 Å². The molecule has 2 aromatic heterocycles. The van der Waals surface area contributed by atoms with Crippen LogP contribution in [0, 0.1) is 5.41 Å². The van der Waals surface area contributed by atoms with Crippen molar-refractivity contribution in [3.63, 3.8) is 0 Å². The molecule has 10 heteroatoms. The maximum Gasteiger partial charge on any atom is 0.387 e. The van der Waals surface area contributed by atoms with Crippen LogP contribution in [-0.4, -0.2) is 52.4 Å². The number of piperidine rings is 1. The van der Waals surface area contributed by atoms with Gasteiger partial charge < -0.3 is 18.9 Å². The Hall–Kier alpha value is -3.66. The number of rotatable bonds is 5. The van der Waals surface area contributed by atoms with Crippen molar-refractivity contribution in [1.82, 2.24) is 19.5 Å². The fourth-order valence-corrected chi connectivity index (χ4v) is 5.97. The molecule has 0 unspecified atom stereocenters. The molecular weight excluding hydrogens is 495 g/mol. The first-order valence-corrected chi connectivity index (χ1v) is 12.8. The van der Waals surface area contributed by atoms with Crippen LogP contribution in [-0.2, 0) is 4.74 Å². The van der Waals surface area contributed by atoms with Crippen molar-refractivity contribution < 1.29 is 22.6 Å². The molecule has 0 amide bonds. The Bertz CT molecular complexity index is 1480. The van der Waals surface area contributed by atoms with Crippen molar-refractivity contribution >= 4 is 17.0 Å². The van der Waals surface area contributed by atoms with Crippen LogP contribution in [0.3, 0.4) is 0 Å². The maximum atomic E-state index is 15.1. The molecule has 2 atom stereocenters. The third kappa shape index (κ3) is 3.89. The molecule has 7 rings (SSSR count). The average Bonchev–Trinajstić information content (AvgIpc) is 3.45. The second kappa shape index (κ2) is 8.97. The molecule has 0 saturated carbocycles. The summed E-state index contributed by atoms with van der Waals surface area (Å²) >= 11 is 0. The topological polar surface area (TPSA) is 65.3 Å². The van der Waals surface area contributed by atoms with Gasteiger partial charge in [-0.05, 0) is 36.6 Å². The predicted molar refractivity (Wildman–Crippen MR) is 135 cm³/mol. The highest BCUT2D eigenvalue weighted by atomic mass is 19.3. The molecule has 196 valence electrons. The Morgan fingerprint density at radius 3 is 2.47 bits per heavy atom. The van der Waals surface area contributed by atoms with Crippen LogP contribution in [0.5, 0.6) is 5.75 Å². The van der Waals surface area contributed by atoms with E-state index >= 15 is 4.39 Å². The zero-order valence-corrected chi connectivity index (χ0v) is 20.6. The standard InChI is InChI=1S/C28H26F3N5O2/c29-20-12-22(19-3-1-2-4-24(19)38-26(30)31)36-23-11-17(5-6-21(23)34-25(20)36)18-13-32-27(33-14-18)35-9-7-28(8-10-35)15-37-16-28/h1-6,11,13-14,20,22,26H,7-10,12,15-16H2/t20-,22-/m1/s1. The van der Waals surface area contributed by atoms with Crippen molar-refractivity contribution in [2.45, 2.75) is 38.1 Å². The molecule has 0 aliphatic carbocycles. The SMILES string of the molecule is FC(F)Oc1ccccc1[C@H]1C[C@@H](F)c2nc3ccc(-c4cnc(N5CCC6(CC5)COC6)nc4)cc3n21. The number of alkyl halides is 3. The van der Waals surface area contributed by atoms with Crippen LogP contribution < -0.4 is 9.64 Å². The van der Waals surface area contributed by atoms with Crippen molar-refractivity contribution in [1.29, 1.82) is 0 Å². The Kier molecular flexibility index (Phi) is 5.54. The first kappa shape index (κ1) is 23.5. The largest absolute Gasteiger partial charge is 0.434 e. The van der Waals surface area contributed by atoms with Gasteiger partial charge in [0, 0.05) is 48.4 Å². The van der Waals surface area contributed by atoms with Gasteiger partial charge in [-0.15, -0.1) is 0 Å². The molecule has 2 saturated heterocycles. The smallest absolute Gasteiger partial charge is 0.387 e. The minimum atomic E-state index is -2.97. The highest BCUT2D eigenvalue weighted by molar-refractivity contribution is 5.83. The summed E-state index contributed by atoms with van der Waals surface area (Å²) in [4.78, 5) is 16.0. The summed E-state index contributed by atoms with van der Waals surface area (Å²) in [5.41, 5.74) is 3.92. The Morgan fingerprint density at radius 2 is 1.76 bits per heavy atom. The molecule has 3 aliphatic heterocycles. The predicted octanol–water partition coefficient (Wildman–Crippen LogP) is 5.72. The highest BCUT2D eigenvalue weighted by Gasteiger charge is 2.41. The van der Waals surface area contributed by atoms with Gasteiger partial charge in [0.15, 0.2) is 6.17 Å². The number of anilines is 1. The molecule has 7 nitrogen and oxygen atoms in total. The monoisotopic (exact) mass is 521 g/mol. The third-order valence-corrected chi connectivity index (χ3v) is 8.13. The van der Waals surface area contributed by atoms with Crippen LogP contribution in [0.1, 0.15) is 42.9 Å². The van der Waals surface area contributed by atoms with Gasteiger partial charge in [0.1, 0.15) is 11.6 Å². The van der Waals surface area contributed by atoms with E-state index in [0.29, 0.717) is 28.3 Å². The van der Waals surface area contributed by atoms with Gasteiger partial charge in [-0.2, -0.15) is 8.78 Å². The summed E-state index contributed by atoms with van der Waals surface area (Å²) in [6, 6.07) is 11.7. The number of halogens is 3. The van der Waals surface area contributed by atoms with Gasteiger partial charge in [-0.3, -0.25) is 0 Å². The summed E-state index contributed by atoms with van der Waals surface area (Å²) in [6.07, 6.45) is 4.58. The molecule has 1 spiro atoms. The van der Waals surface area contributed by atoms with Crippen molar-refractivity contribution in [3.05, 3.63) is 66.2 Å². The van der Waals surface area contributed by atoms with E-state index in [4.69, 9.17) is 9.47 Å². The fraction of sp³-hybridized carbons (Fsp3) is 0.393. The average molecular weight is 522 g/mol. The van der Waals surface area contributed by atoms with E-state index in [2.05, 4.69) is 19.9 Å². The van der Waals surface area contributed by atoms with Crippen LogP contribution >= 0.6 is 0 Å². The number of aromatic nitrogens is 4. The third-order valence-electron chi connectivity index (χ3n) is 8.13. The lowest BCUT2D eigenvalue weighted by atomic mass is 9.77. The second-order valence-electron chi connectivity index (χ2n) is 10.4. The van der Waals surface area contributed by atoms with E-state index < -0.39 is 18.8 Å². The number of hydrogen-bond acceptors (Lipinski definition) is 6. The Labute approximate surface area is 217 Å². The van der Waals surface area contributed by atoms with Crippen LogP contribution in [0.15, 0.2) is 54.9 Å². The lowest BCUT2D eigenvalue weighted by Gasteiger charge is -2.47. The number of hydrogen-bond donors (Lipinski definition) is 0. The molecule has 5 heterocycles. The molecule has 0 bridgehead atoms. The van der Waals surface area contributed by atoms with Gasteiger partial charge in [0.05, 0.1) is 30.3 Å². The summed E-state index contributed by atoms with van der Waals surface area (Å²) in [5.74, 6) is 1.05.